The summed E-state index contributed by atoms with van der Waals surface area (Å²) < 4.78 is 11.1. The first kappa shape index (κ1) is 28.6. The number of nitrogens with zero attached hydrogens (tertiary/aromatic N) is 3. The number of esters is 1. The molecule has 4 aromatic rings. The van der Waals surface area contributed by atoms with Crippen LogP contribution in [0.5, 0.6) is 11.5 Å². The van der Waals surface area contributed by atoms with Gasteiger partial charge in [0.1, 0.15) is 17.4 Å². The standard InChI is InChI=1S/C33H27N3O8/c1-2-19-42-26-17-13-23(14-18-26)34-31(37)28-29(21-11-15-27(16-12-21)43-33(39)22-7-4-3-5-8-22)35(44-30(28)32(34)38)24-9-6-10-25(20-24)36(40)41/h3-18,20,28-30H,2,19H2,1H3/t28-,29+,30-/m1/s1. The van der Waals surface area contributed by atoms with Crippen molar-refractivity contribution in [1.29, 1.82) is 0 Å². The molecule has 2 saturated heterocycles. The molecule has 0 bridgehead atoms. The van der Waals surface area contributed by atoms with E-state index in [1.54, 1.807) is 84.9 Å². The molecule has 0 aromatic heterocycles. The first-order valence-electron chi connectivity index (χ1n) is 14.0. The van der Waals surface area contributed by atoms with E-state index in [1.165, 1.54) is 23.3 Å². The molecule has 222 valence electrons. The maximum absolute atomic E-state index is 13.9. The number of nitro groups is 1. The molecular formula is C33H27N3O8. The molecule has 44 heavy (non-hydrogen) atoms. The number of carbonyl (C=O) groups excluding carboxylic acids is 3. The van der Waals surface area contributed by atoms with Gasteiger partial charge in [-0.05, 0) is 66.6 Å². The van der Waals surface area contributed by atoms with Crippen molar-refractivity contribution >= 4 is 34.8 Å². The Morgan fingerprint density at radius 2 is 1.57 bits per heavy atom. The van der Waals surface area contributed by atoms with Gasteiger partial charge in [0.15, 0.2) is 6.10 Å². The molecule has 2 aliphatic rings. The number of hydrogen-bond acceptors (Lipinski definition) is 9. The Kier molecular flexibility index (Phi) is 7.78. The molecule has 6 rings (SSSR count). The van der Waals surface area contributed by atoms with E-state index in [1.807, 2.05) is 6.92 Å². The quantitative estimate of drug-likeness (QED) is 0.0794. The number of benzene rings is 4. The van der Waals surface area contributed by atoms with Crippen molar-refractivity contribution in [3.8, 4) is 11.5 Å². The number of carbonyl (C=O) groups is 3. The predicted molar refractivity (Wildman–Crippen MR) is 159 cm³/mol. The van der Waals surface area contributed by atoms with Crippen LogP contribution >= 0.6 is 0 Å². The number of nitro benzene ring substituents is 1. The minimum atomic E-state index is -1.17. The van der Waals surface area contributed by atoms with Gasteiger partial charge in [-0.2, -0.15) is 0 Å². The SMILES string of the molecule is CCCOc1ccc(N2C(=O)[C@H]3[C@@H](ON(c4cccc([N+](=O)[O-])c4)[C@H]3c3ccc(OC(=O)c4ccccc4)cc3)C2=O)cc1. The Hall–Kier alpha value is -5.55. The number of non-ortho nitro benzene ring substituents is 1. The number of rotatable bonds is 9. The van der Waals surface area contributed by atoms with Crippen molar-refractivity contribution in [2.75, 3.05) is 16.6 Å². The highest BCUT2D eigenvalue weighted by atomic mass is 16.7. The zero-order valence-electron chi connectivity index (χ0n) is 23.6. The second-order valence-corrected chi connectivity index (χ2v) is 10.3. The van der Waals surface area contributed by atoms with E-state index in [4.69, 9.17) is 14.3 Å². The van der Waals surface area contributed by atoms with Crippen LogP contribution in [-0.2, 0) is 14.4 Å². The molecule has 2 amide bonds. The lowest BCUT2D eigenvalue weighted by Gasteiger charge is -2.28. The van der Waals surface area contributed by atoms with Crippen LogP contribution in [0.25, 0.3) is 0 Å². The van der Waals surface area contributed by atoms with Crippen LogP contribution in [0.4, 0.5) is 17.1 Å². The summed E-state index contributed by atoms with van der Waals surface area (Å²) in [7, 11) is 0. The van der Waals surface area contributed by atoms with Gasteiger partial charge in [-0.3, -0.25) is 24.5 Å². The van der Waals surface area contributed by atoms with Crippen molar-refractivity contribution in [2.45, 2.75) is 25.5 Å². The zero-order chi connectivity index (χ0) is 30.8. The van der Waals surface area contributed by atoms with Gasteiger partial charge in [-0.1, -0.05) is 43.3 Å². The summed E-state index contributed by atoms with van der Waals surface area (Å²) >= 11 is 0. The minimum absolute atomic E-state index is 0.172. The monoisotopic (exact) mass is 593 g/mol. The van der Waals surface area contributed by atoms with Gasteiger partial charge in [0.25, 0.3) is 11.6 Å². The van der Waals surface area contributed by atoms with Crippen LogP contribution in [0.1, 0.15) is 35.3 Å². The molecule has 11 nitrogen and oxygen atoms in total. The zero-order valence-corrected chi connectivity index (χ0v) is 23.6. The molecular weight excluding hydrogens is 566 g/mol. The predicted octanol–water partition coefficient (Wildman–Crippen LogP) is 5.65. The van der Waals surface area contributed by atoms with E-state index in [0.29, 0.717) is 34.9 Å². The molecule has 0 radical (unpaired) electrons. The van der Waals surface area contributed by atoms with Crippen molar-refractivity contribution in [3.63, 3.8) is 0 Å². The Labute approximate surface area is 252 Å². The summed E-state index contributed by atoms with van der Waals surface area (Å²) in [6, 6.07) is 26.7. The second-order valence-electron chi connectivity index (χ2n) is 10.3. The number of ether oxygens (including phenoxy) is 2. The van der Waals surface area contributed by atoms with Crippen molar-refractivity contribution in [1.82, 2.24) is 0 Å². The molecule has 11 heteroatoms. The summed E-state index contributed by atoms with van der Waals surface area (Å²) in [4.78, 5) is 58.4. The fraction of sp³-hybridized carbons (Fsp3) is 0.182. The van der Waals surface area contributed by atoms with Gasteiger partial charge in [-0.15, -0.1) is 0 Å². The molecule has 2 fully saturated rings. The number of anilines is 2. The maximum Gasteiger partial charge on any atom is 0.343 e. The number of hydroxylamine groups is 1. The van der Waals surface area contributed by atoms with E-state index < -0.39 is 40.8 Å². The molecule has 4 aromatic carbocycles. The highest BCUT2D eigenvalue weighted by molar-refractivity contribution is 6.24. The Morgan fingerprint density at radius 1 is 0.864 bits per heavy atom. The smallest absolute Gasteiger partial charge is 0.343 e. The van der Waals surface area contributed by atoms with E-state index >= 15 is 0 Å². The van der Waals surface area contributed by atoms with E-state index in [9.17, 15) is 24.5 Å². The largest absolute Gasteiger partial charge is 0.494 e. The first-order valence-corrected chi connectivity index (χ1v) is 14.0. The van der Waals surface area contributed by atoms with Gasteiger partial charge in [0.05, 0.1) is 34.5 Å². The Balaban J connectivity index is 1.32. The summed E-state index contributed by atoms with van der Waals surface area (Å²) in [5, 5.41) is 12.9. The highest BCUT2D eigenvalue weighted by Gasteiger charge is 2.60. The van der Waals surface area contributed by atoms with Gasteiger partial charge >= 0.3 is 5.97 Å². The third-order valence-corrected chi connectivity index (χ3v) is 7.42. The molecule has 2 aliphatic heterocycles. The van der Waals surface area contributed by atoms with Crippen molar-refractivity contribution in [2.24, 2.45) is 5.92 Å². The Bertz CT molecular complexity index is 1710. The second kappa shape index (κ2) is 12.0. The van der Waals surface area contributed by atoms with Gasteiger partial charge < -0.3 is 9.47 Å². The van der Waals surface area contributed by atoms with Crippen LogP contribution in [-0.4, -0.2) is 35.4 Å². The lowest BCUT2D eigenvalue weighted by atomic mass is 9.90. The van der Waals surface area contributed by atoms with Gasteiger partial charge in [0.2, 0.25) is 5.91 Å². The summed E-state index contributed by atoms with van der Waals surface area (Å²) in [6.07, 6.45) is -0.330. The number of amides is 2. The summed E-state index contributed by atoms with van der Waals surface area (Å²) in [5.41, 5.74) is 1.48. The average molecular weight is 594 g/mol. The maximum atomic E-state index is 13.9. The van der Waals surface area contributed by atoms with Crippen LogP contribution in [0.15, 0.2) is 103 Å². The van der Waals surface area contributed by atoms with Gasteiger partial charge in [0, 0.05) is 12.1 Å². The summed E-state index contributed by atoms with van der Waals surface area (Å²) in [6.45, 7) is 2.53. The fourth-order valence-electron chi connectivity index (χ4n) is 5.36. The molecule has 0 spiro atoms. The van der Waals surface area contributed by atoms with Crippen molar-refractivity contribution in [3.05, 3.63) is 124 Å². The van der Waals surface area contributed by atoms with E-state index in [2.05, 4.69) is 0 Å². The highest BCUT2D eigenvalue weighted by Crippen LogP contribution is 2.48. The Morgan fingerprint density at radius 3 is 2.25 bits per heavy atom. The lowest BCUT2D eigenvalue weighted by molar-refractivity contribution is -0.384. The van der Waals surface area contributed by atoms with Crippen molar-refractivity contribution < 1.29 is 33.6 Å². The number of fused-ring (bicyclic) bond motifs is 1. The topological polar surface area (TPSA) is 129 Å². The van der Waals surface area contributed by atoms with Crippen LogP contribution in [0.3, 0.4) is 0 Å². The fourth-order valence-corrected chi connectivity index (χ4v) is 5.36. The molecule has 0 saturated carbocycles. The van der Waals surface area contributed by atoms with E-state index in [0.717, 1.165) is 11.3 Å². The van der Waals surface area contributed by atoms with Crippen LogP contribution in [0, 0.1) is 16.0 Å². The third kappa shape index (κ3) is 5.36. The molecule has 2 heterocycles. The third-order valence-electron chi connectivity index (χ3n) is 7.42. The normalized spacial score (nSPS) is 19.2. The van der Waals surface area contributed by atoms with E-state index in [-0.39, 0.29) is 11.4 Å². The molecule has 0 unspecified atom stereocenters. The summed E-state index contributed by atoms with van der Waals surface area (Å²) in [5.74, 6) is -1.61. The minimum Gasteiger partial charge on any atom is -0.494 e. The number of hydrogen-bond donors (Lipinski definition) is 0. The van der Waals surface area contributed by atoms with Gasteiger partial charge in [-0.25, -0.2) is 14.8 Å². The lowest BCUT2D eigenvalue weighted by Crippen LogP contribution is -2.37. The number of imide groups is 1. The molecule has 0 aliphatic carbocycles. The van der Waals surface area contributed by atoms with Crippen LogP contribution < -0.4 is 19.4 Å². The first-order chi connectivity index (χ1) is 21.4. The molecule has 0 N–H and O–H groups in total. The average Bonchev–Trinajstić information content (AvgIpc) is 3.56. The van der Waals surface area contributed by atoms with Crippen LogP contribution in [0.2, 0.25) is 0 Å². The molecule has 3 atom stereocenters.